The summed E-state index contributed by atoms with van der Waals surface area (Å²) in [4.78, 5) is 28.1. The Morgan fingerprint density at radius 3 is 1.93 bits per heavy atom. The zero-order chi connectivity index (χ0) is 32.9. The van der Waals surface area contributed by atoms with Crippen molar-refractivity contribution in [1.82, 2.24) is 5.32 Å². The molecular weight excluding hydrogens is 577 g/mol. The third-order valence-corrected chi connectivity index (χ3v) is 14.8. The van der Waals surface area contributed by atoms with Crippen LogP contribution in [0.15, 0.2) is 71.3 Å². The summed E-state index contributed by atoms with van der Waals surface area (Å²) in [7, 11) is -1.78. The number of urea groups is 1. The molecule has 3 rings (SSSR count). The van der Waals surface area contributed by atoms with Gasteiger partial charge in [-0.2, -0.15) is 0 Å². The lowest BCUT2D eigenvalue weighted by atomic mass is 10.0. The Bertz CT molecular complexity index is 1280. The van der Waals surface area contributed by atoms with Crippen LogP contribution >= 0.6 is 0 Å². The molecule has 0 radical (unpaired) electrons. The van der Waals surface area contributed by atoms with Crippen molar-refractivity contribution in [2.24, 2.45) is 0 Å². The van der Waals surface area contributed by atoms with Crippen LogP contribution in [0.2, 0.25) is 18.1 Å². The van der Waals surface area contributed by atoms with Gasteiger partial charge in [0.05, 0.1) is 23.0 Å². The number of imide groups is 1. The lowest BCUT2D eigenvalue weighted by molar-refractivity contribution is 0.0868. The predicted octanol–water partition coefficient (Wildman–Crippen LogP) is 10.8. The van der Waals surface area contributed by atoms with Crippen LogP contribution in [0.25, 0.3) is 0 Å². The molecule has 1 heterocycles. The summed E-state index contributed by atoms with van der Waals surface area (Å²) in [5.74, 6) is 0. The number of anilines is 2. The maximum Gasteiger partial charge on any atom is 0.415 e. The highest BCUT2D eigenvalue weighted by atomic mass is 28.3. The second-order valence-corrected chi connectivity index (χ2v) is 19.1. The minimum absolute atomic E-state index is 0.198. The third-order valence-electron chi connectivity index (χ3n) is 9.40. The van der Waals surface area contributed by atoms with Crippen LogP contribution in [0, 0.1) is 6.92 Å². The molecule has 0 saturated heterocycles. The lowest BCUT2D eigenvalue weighted by Crippen LogP contribution is -2.49. The quantitative estimate of drug-likeness (QED) is 0.126. The Balaban J connectivity index is 1.65. The van der Waals surface area contributed by atoms with Crippen LogP contribution in [0.1, 0.15) is 103 Å². The lowest BCUT2D eigenvalue weighted by Gasteiger charge is -2.35. The van der Waals surface area contributed by atoms with Crippen molar-refractivity contribution in [3.05, 3.63) is 78.1 Å². The molecule has 1 atom stereocenters. The molecule has 0 spiro atoms. The van der Waals surface area contributed by atoms with Gasteiger partial charge in [-0.3, -0.25) is 4.90 Å². The van der Waals surface area contributed by atoms with E-state index < -0.39 is 20.2 Å². The average Bonchev–Trinajstić information content (AvgIpc) is 3.37. The molecule has 6 nitrogen and oxygen atoms in total. The number of rotatable bonds is 16. The maximum absolute atomic E-state index is 13.4. The van der Waals surface area contributed by atoms with Crippen LogP contribution in [0.5, 0.6) is 0 Å². The van der Waals surface area contributed by atoms with Crippen molar-refractivity contribution in [3.8, 4) is 0 Å². The summed E-state index contributed by atoms with van der Waals surface area (Å²) >= 11 is 0. The molecule has 45 heavy (non-hydrogen) atoms. The number of ether oxygens (including phenoxy) is 1. The molecule has 0 aliphatic heterocycles. The Labute approximate surface area is 272 Å². The van der Waals surface area contributed by atoms with Crippen LogP contribution in [0.3, 0.4) is 0 Å². The molecule has 3 amide bonds. The highest BCUT2D eigenvalue weighted by Crippen LogP contribution is 2.37. The van der Waals surface area contributed by atoms with E-state index in [4.69, 9.17) is 9.15 Å². The van der Waals surface area contributed by atoms with Gasteiger partial charge < -0.3 is 9.15 Å². The first kappa shape index (κ1) is 36.1. The fraction of sp³-hybridized carbons (Fsp3) is 0.526. The third kappa shape index (κ3) is 10.6. The Kier molecular flexibility index (Phi) is 14.0. The number of furan rings is 1. The molecule has 2 aromatic carbocycles. The number of carbonyl (C=O) groups is 2. The Morgan fingerprint density at radius 2 is 1.38 bits per heavy atom. The van der Waals surface area contributed by atoms with Crippen molar-refractivity contribution in [2.75, 3.05) is 4.90 Å². The number of amides is 3. The van der Waals surface area contributed by atoms with Crippen molar-refractivity contribution in [1.29, 1.82) is 0 Å². The number of hydrogen-bond acceptors (Lipinski definition) is 4. The molecule has 1 aromatic heterocycles. The smallest absolute Gasteiger partial charge is 0.415 e. The van der Waals surface area contributed by atoms with E-state index in [1.165, 1.54) is 53.5 Å². The average molecular weight is 633 g/mol. The van der Waals surface area contributed by atoms with Gasteiger partial charge in [0, 0.05) is 0 Å². The van der Waals surface area contributed by atoms with Crippen molar-refractivity contribution < 1.29 is 18.7 Å². The predicted molar refractivity (Wildman–Crippen MR) is 190 cm³/mol. The number of unbranched alkanes of at least 4 members (excludes halogenated alkanes) is 6. The zero-order valence-electron chi connectivity index (χ0n) is 28.8. The summed E-state index contributed by atoms with van der Waals surface area (Å²) in [6.45, 7) is 16.1. The number of nitrogens with one attached hydrogen (secondary N) is 1. The van der Waals surface area contributed by atoms with Gasteiger partial charge in [-0.25, -0.2) is 14.9 Å². The summed E-state index contributed by atoms with van der Waals surface area (Å²) in [5.41, 5.74) is 3.85. The van der Waals surface area contributed by atoms with E-state index in [9.17, 15) is 9.59 Å². The van der Waals surface area contributed by atoms with Gasteiger partial charge in [0.25, 0.3) is 0 Å². The number of carbonyl (C=O) groups excluding carboxylic acids is 2. The molecule has 1 N–H and O–H groups in total. The highest BCUT2D eigenvalue weighted by Gasteiger charge is 2.41. The van der Waals surface area contributed by atoms with Crippen molar-refractivity contribution >= 4 is 37.0 Å². The zero-order valence-corrected chi connectivity index (χ0v) is 29.8. The standard InChI is InChI=1S/C38H56N2O4Si/c1-8-9-10-11-12-13-20-27-34(28-21-22-31-29-43-35(30(31)2)45(6,7)38(3,4)5)44-37(42)39-36(41)40(32-23-16-14-17-24-32)33-25-18-15-19-26-33/h14-19,23-26,29,34H,8-13,20-22,27-28H2,1-7H3,(H,39,41,42). The number of aryl methyl sites for hydroxylation is 1. The Morgan fingerprint density at radius 1 is 0.844 bits per heavy atom. The van der Waals surface area contributed by atoms with Gasteiger partial charge >= 0.3 is 12.1 Å². The van der Waals surface area contributed by atoms with Crippen molar-refractivity contribution in [3.63, 3.8) is 0 Å². The van der Waals surface area contributed by atoms with Crippen LogP contribution in [-0.4, -0.2) is 26.3 Å². The molecule has 3 aromatic rings. The summed E-state index contributed by atoms with van der Waals surface area (Å²) in [6.07, 6.45) is 12.6. The van der Waals surface area contributed by atoms with Gasteiger partial charge in [0.2, 0.25) is 0 Å². The monoisotopic (exact) mass is 632 g/mol. The van der Waals surface area contributed by atoms with E-state index in [1.807, 2.05) is 66.9 Å². The molecule has 0 saturated carbocycles. The topological polar surface area (TPSA) is 71.8 Å². The van der Waals surface area contributed by atoms with E-state index in [1.54, 1.807) is 0 Å². The second kappa shape index (κ2) is 17.4. The number of para-hydroxylation sites is 2. The largest absolute Gasteiger partial charge is 0.474 e. The van der Waals surface area contributed by atoms with Gasteiger partial charge in [-0.1, -0.05) is 116 Å². The van der Waals surface area contributed by atoms with E-state index in [0.717, 1.165) is 38.5 Å². The summed E-state index contributed by atoms with van der Waals surface area (Å²) < 4.78 is 12.1. The van der Waals surface area contributed by atoms with Gasteiger partial charge in [-0.05, 0) is 79.5 Å². The van der Waals surface area contributed by atoms with E-state index in [2.05, 4.69) is 53.0 Å². The van der Waals surface area contributed by atoms with E-state index in [0.29, 0.717) is 11.4 Å². The normalized spacial score (nSPS) is 12.5. The van der Waals surface area contributed by atoms with Gasteiger partial charge in [0.15, 0.2) is 0 Å². The molecule has 0 aliphatic carbocycles. The highest BCUT2D eigenvalue weighted by molar-refractivity contribution is 6.91. The SMILES string of the molecule is CCCCCCCCCC(CCCc1coc([Si](C)(C)C(C)(C)C)c1C)OC(=O)NC(=O)N(c1ccccc1)c1ccccc1. The minimum atomic E-state index is -1.78. The van der Waals surface area contributed by atoms with E-state index >= 15 is 0 Å². The fourth-order valence-corrected chi connectivity index (χ4v) is 7.76. The summed E-state index contributed by atoms with van der Waals surface area (Å²) in [5, 5.41) is 3.88. The molecule has 0 bridgehead atoms. The maximum atomic E-state index is 13.4. The second-order valence-electron chi connectivity index (χ2n) is 13.9. The van der Waals surface area contributed by atoms with Crippen LogP contribution in [-0.2, 0) is 11.2 Å². The number of alkyl carbamates (subject to hydrolysis) is 1. The molecule has 246 valence electrons. The first-order valence-corrected chi connectivity index (χ1v) is 19.9. The fourth-order valence-electron chi connectivity index (χ4n) is 5.63. The van der Waals surface area contributed by atoms with Crippen LogP contribution < -0.4 is 15.6 Å². The molecular formula is C38H56N2O4Si. The minimum Gasteiger partial charge on any atom is -0.474 e. The molecule has 0 fully saturated rings. The van der Waals surface area contributed by atoms with Crippen LogP contribution in [0.4, 0.5) is 21.0 Å². The number of nitrogens with zero attached hydrogens (tertiary/aromatic N) is 1. The first-order valence-electron chi connectivity index (χ1n) is 16.9. The first-order chi connectivity index (χ1) is 21.5. The molecule has 1 unspecified atom stereocenters. The van der Waals surface area contributed by atoms with E-state index in [-0.39, 0.29) is 11.1 Å². The number of hydrogen-bond donors (Lipinski definition) is 1. The number of benzene rings is 2. The molecule has 7 heteroatoms. The Hall–Kier alpha value is -3.32. The van der Waals surface area contributed by atoms with Crippen molar-refractivity contribution in [2.45, 2.75) is 129 Å². The van der Waals surface area contributed by atoms with Gasteiger partial charge in [-0.15, -0.1) is 0 Å². The molecule has 0 aliphatic rings. The van der Waals surface area contributed by atoms with Gasteiger partial charge in [0.1, 0.15) is 14.2 Å². The summed E-state index contributed by atoms with van der Waals surface area (Å²) in [6, 6.07) is 18.1.